The van der Waals surface area contributed by atoms with E-state index in [9.17, 15) is 0 Å². The summed E-state index contributed by atoms with van der Waals surface area (Å²) < 4.78 is 0. The molecule has 0 radical (unpaired) electrons. The lowest BCUT2D eigenvalue weighted by Crippen LogP contribution is -2.51. The monoisotopic (exact) mass is 408 g/mol. The van der Waals surface area contributed by atoms with Gasteiger partial charge in [-0.25, -0.2) is 0 Å². The van der Waals surface area contributed by atoms with Gasteiger partial charge < -0.3 is 15.5 Å². The van der Waals surface area contributed by atoms with Gasteiger partial charge in [0.15, 0.2) is 0 Å². The van der Waals surface area contributed by atoms with Gasteiger partial charge in [0.05, 0.1) is 11.0 Å². The van der Waals surface area contributed by atoms with Crippen molar-refractivity contribution in [3.63, 3.8) is 0 Å². The van der Waals surface area contributed by atoms with E-state index in [4.69, 9.17) is 4.98 Å². The highest BCUT2D eigenvalue weighted by molar-refractivity contribution is 7.16. The number of aromatic nitrogens is 1. The highest BCUT2D eigenvalue weighted by atomic mass is 32.1. The lowest BCUT2D eigenvalue weighted by Gasteiger charge is -2.36. The number of anilines is 1. The minimum Gasteiger partial charge on any atom is -0.366 e. The van der Waals surface area contributed by atoms with Crippen molar-refractivity contribution in [2.45, 2.75) is 25.8 Å². The minimum atomic E-state index is 0.497. The number of rotatable bonds is 4. The van der Waals surface area contributed by atoms with Gasteiger partial charge in [-0.15, -0.1) is 11.3 Å². The van der Waals surface area contributed by atoms with Crippen LogP contribution >= 0.6 is 22.7 Å². The quantitative estimate of drug-likeness (QED) is 0.697. The molecule has 1 atom stereocenters. The predicted molar refractivity (Wildman–Crippen MR) is 119 cm³/mol. The van der Waals surface area contributed by atoms with Crippen LogP contribution in [0.3, 0.4) is 0 Å². The normalized spacial score (nSPS) is 18.7. The Hall–Kier alpha value is -2.15. The molecule has 1 saturated heterocycles. The van der Waals surface area contributed by atoms with Gasteiger partial charge in [0.25, 0.3) is 0 Å². The van der Waals surface area contributed by atoms with Crippen LogP contribution < -0.4 is 21.2 Å². The van der Waals surface area contributed by atoms with Crippen molar-refractivity contribution >= 4 is 39.6 Å². The molecule has 6 heteroatoms. The molecule has 1 unspecified atom stereocenters. The number of thiophene rings is 2. The first-order valence-electron chi connectivity index (χ1n) is 9.80. The zero-order valence-electron chi connectivity index (χ0n) is 15.9. The lowest BCUT2D eigenvalue weighted by molar-refractivity contribution is 0.268. The summed E-state index contributed by atoms with van der Waals surface area (Å²) in [6.07, 6.45) is 6.31. The smallest absolute Gasteiger partial charge is 0.102 e. The number of aryl methyl sites for hydroxylation is 2. The van der Waals surface area contributed by atoms with Gasteiger partial charge in [-0.05, 0) is 60.4 Å². The first kappa shape index (κ1) is 17.9. The number of hydrogen-bond donors (Lipinski definition) is 2. The van der Waals surface area contributed by atoms with Crippen LogP contribution in [0.2, 0.25) is 0 Å². The summed E-state index contributed by atoms with van der Waals surface area (Å²) in [5, 5.41) is 15.1. The van der Waals surface area contributed by atoms with Gasteiger partial charge in [0, 0.05) is 53.7 Å². The van der Waals surface area contributed by atoms with E-state index in [1.165, 1.54) is 26.7 Å². The molecule has 3 aromatic heterocycles. The van der Waals surface area contributed by atoms with Gasteiger partial charge in [-0.3, -0.25) is 4.98 Å². The summed E-state index contributed by atoms with van der Waals surface area (Å²) in [7, 11) is 0. The highest BCUT2D eigenvalue weighted by Crippen LogP contribution is 2.34. The Balaban J connectivity index is 1.50. The number of fused-ring (bicyclic) bond motifs is 2. The van der Waals surface area contributed by atoms with Crippen molar-refractivity contribution in [3.8, 4) is 0 Å². The van der Waals surface area contributed by atoms with Crippen LogP contribution in [0, 0.1) is 6.92 Å². The van der Waals surface area contributed by atoms with Crippen LogP contribution in [-0.4, -0.2) is 35.6 Å². The molecule has 144 valence electrons. The van der Waals surface area contributed by atoms with E-state index >= 15 is 0 Å². The van der Waals surface area contributed by atoms with Crippen LogP contribution in [0.5, 0.6) is 0 Å². The Labute approximate surface area is 173 Å². The van der Waals surface area contributed by atoms with Crippen molar-refractivity contribution < 1.29 is 0 Å². The van der Waals surface area contributed by atoms with Gasteiger partial charge >= 0.3 is 0 Å². The molecular weight excluding hydrogens is 384 g/mol. The number of nitrogens with zero attached hydrogens (tertiary/aromatic N) is 2. The second kappa shape index (κ2) is 7.70. The number of pyridine rings is 1. The van der Waals surface area contributed by atoms with Gasteiger partial charge in [-0.1, -0.05) is 0 Å². The maximum absolute atomic E-state index is 4.79. The largest absolute Gasteiger partial charge is 0.366 e. The van der Waals surface area contributed by atoms with E-state index < -0.39 is 0 Å². The van der Waals surface area contributed by atoms with E-state index in [2.05, 4.69) is 57.6 Å². The van der Waals surface area contributed by atoms with E-state index in [1.807, 2.05) is 23.6 Å². The topological polar surface area (TPSA) is 40.2 Å². The Bertz CT molecular complexity index is 1080. The first-order chi connectivity index (χ1) is 13.8. The number of hydrogen-bond acceptors (Lipinski definition) is 6. The molecule has 0 aliphatic carbocycles. The Kier molecular flexibility index (Phi) is 4.93. The van der Waals surface area contributed by atoms with Crippen molar-refractivity contribution in [1.82, 2.24) is 15.2 Å². The Morgan fingerprint density at radius 2 is 2.29 bits per heavy atom. The minimum absolute atomic E-state index is 0.497. The summed E-state index contributed by atoms with van der Waals surface area (Å²) >= 11 is 3.61. The highest BCUT2D eigenvalue weighted by Gasteiger charge is 2.26. The summed E-state index contributed by atoms with van der Waals surface area (Å²) in [5.74, 6) is 0. The molecule has 2 aliphatic heterocycles. The molecule has 5 rings (SSSR count). The van der Waals surface area contributed by atoms with E-state index in [1.54, 1.807) is 11.3 Å². The molecular formula is C22H24N4S2. The molecule has 0 saturated carbocycles. The van der Waals surface area contributed by atoms with Crippen molar-refractivity contribution in [3.05, 3.63) is 67.8 Å². The van der Waals surface area contributed by atoms with Crippen LogP contribution in [0.1, 0.15) is 22.4 Å². The predicted octanol–water partition coefficient (Wildman–Crippen LogP) is 2.74. The molecule has 0 aromatic carbocycles. The molecule has 28 heavy (non-hydrogen) atoms. The van der Waals surface area contributed by atoms with Crippen LogP contribution in [0.4, 0.5) is 5.00 Å². The molecule has 4 nitrogen and oxygen atoms in total. The van der Waals surface area contributed by atoms with Crippen molar-refractivity contribution in [1.29, 1.82) is 0 Å². The van der Waals surface area contributed by atoms with Crippen molar-refractivity contribution in [2.75, 3.05) is 25.0 Å². The van der Waals surface area contributed by atoms with Gasteiger partial charge in [-0.2, -0.15) is 11.3 Å². The second-order valence-corrected chi connectivity index (χ2v) is 9.48. The second-order valence-electron chi connectivity index (χ2n) is 7.45. The molecule has 5 heterocycles. The average Bonchev–Trinajstić information content (AvgIpc) is 3.33. The Morgan fingerprint density at radius 3 is 3.18 bits per heavy atom. The molecule has 1 fully saturated rings. The standard InChI is InChI=1S/C22H24N4S2/c1-15-11-19-21(20-17(3-2-7-24-20)12-25-22(19)28-15)26-9-8-23-18(13-26)5-4-16-6-10-27-14-16/h2-3,6-7,10-12,14,18,23,25H,4-5,8-9,13H2,1H3. The average molecular weight is 409 g/mol. The summed E-state index contributed by atoms with van der Waals surface area (Å²) in [5.41, 5.74) is 4.01. The fourth-order valence-electron chi connectivity index (χ4n) is 4.12. The summed E-state index contributed by atoms with van der Waals surface area (Å²) in [6, 6.07) is 9.21. The van der Waals surface area contributed by atoms with E-state index in [-0.39, 0.29) is 0 Å². The molecule has 0 bridgehead atoms. The third kappa shape index (κ3) is 3.48. The fourth-order valence-corrected chi connectivity index (χ4v) is 5.70. The third-order valence-corrected chi connectivity index (χ3v) is 7.18. The lowest BCUT2D eigenvalue weighted by atomic mass is 10.0. The van der Waals surface area contributed by atoms with Crippen LogP contribution in [0.25, 0.3) is 11.9 Å². The van der Waals surface area contributed by atoms with E-state index in [0.717, 1.165) is 43.0 Å². The first-order valence-corrected chi connectivity index (χ1v) is 11.6. The molecule has 3 aromatic rings. The fraction of sp³-hybridized carbons (Fsp3) is 0.318. The zero-order chi connectivity index (χ0) is 18.9. The summed E-state index contributed by atoms with van der Waals surface area (Å²) in [4.78, 5) is 8.67. The van der Waals surface area contributed by atoms with Crippen LogP contribution in [-0.2, 0) is 6.42 Å². The number of nitrogens with one attached hydrogen (secondary N) is 2. The summed E-state index contributed by atoms with van der Waals surface area (Å²) in [6.45, 7) is 5.22. The maximum atomic E-state index is 4.79. The van der Waals surface area contributed by atoms with Gasteiger partial charge in [0.2, 0.25) is 0 Å². The molecule has 0 amide bonds. The van der Waals surface area contributed by atoms with E-state index in [0.29, 0.717) is 6.04 Å². The Morgan fingerprint density at radius 1 is 1.32 bits per heavy atom. The molecule has 0 spiro atoms. The van der Waals surface area contributed by atoms with Crippen LogP contribution in [0.15, 0.2) is 41.2 Å². The molecule has 2 N–H and O–H groups in total. The van der Waals surface area contributed by atoms with Gasteiger partial charge in [0.1, 0.15) is 5.00 Å². The van der Waals surface area contributed by atoms with Crippen molar-refractivity contribution in [2.24, 2.45) is 0 Å². The SMILES string of the molecule is Cc1cc2c(s1)NC=c1cccnc1=C2N1CCNC(CCc2ccsc2)C1. The zero-order valence-corrected chi connectivity index (χ0v) is 17.6. The number of piperazine rings is 1. The third-order valence-electron chi connectivity index (χ3n) is 5.47. The molecule has 2 aliphatic rings. The maximum Gasteiger partial charge on any atom is 0.102 e.